The predicted molar refractivity (Wildman–Crippen MR) is 185 cm³/mol. The third-order valence-corrected chi connectivity index (χ3v) is 10.5. The van der Waals surface area contributed by atoms with Gasteiger partial charge in [-0.15, -0.1) is 0 Å². The van der Waals surface area contributed by atoms with Gasteiger partial charge in [-0.2, -0.15) is 0 Å². The summed E-state index contributed by atoms with van der Waals surface area (Å²) in [7, 11) is 0. The van der Waals surface area contributed by atoms with Gasteiger partial charge in [0, 0.05) is 44.2 Å². The minimum Gasteiger partial charge on any atom is -0.313 e. The Labute approximate surface area is 258 Å². The molecule has 0 saturated heterocycles. The molecule has 0 spiro atoms. The van der Waals surface area contributed by atoms with Crippen LogP contribution in [0, 0.1) is 0 Å². The van der Waals surface area contributed by atoms with E-state index in [1.54, 1.807) is 0 Å². The van der Waals surface area contributed by atoms with Crippen molar-refractivity contribution in [2.75, 3.05) is 0 Å². The van der Waals surface area contributed by atoms with E-state index in [9.17, 15) is 0 Å². The summed E-state index contributed by atoms with van der Waals surface area (Å²) in [5.41, 5.74) is 12.1. The van der Waals surface area contributed by atoms with E-state index in [-0.39, 0.29) is 5.41 Å². The lowest BCUT2D eigenvalue weighted by atomic mass is 9.65. The molecule has 0 atom stereocenters. The van der Waals surface area contributed by atoms with Crippen LogP contribution < -0.4 is 0 Å². The highest BCUT2D eigenvalue weighted by Gasteiger charge is 2.36. The second-order valence-corrected chi connectivity index (χ2v) is 12.8. The van der Waals surface area contributed by atoms with Crippen LogP contribution in [-0.2, 0) is 11.8 Å². The molecule has 0 bridgehead atoms. The Morgan fingerprint density at radius 1 is 0.477 bits per heavy atom. The molecule has 2 aromatic heterocycles. The van der Waals surface area contributed by atoms with Crippen LogP contribution in [0.4, 0.5) is 0 Å². The number of rotatable bonds is 4. The molecular weight excluding hydrogens is 532 g/mol. The lowest BCUT2D eigenvalue weighted by Gasteiger charge is -2.39. The summed E-state index contributed by atoms with van der Waals surface area (Å²) in [4.78, 5) is 0. The zero-order valence-electron chi connectivity index (χ0n) is 25.0. The van der Waals surface area contributed by atoms with Gasteiger partial charge in [-0.3, -0.25) is 0 Å². The van der Waals surface area contributed by atoms with Crippen LogP contribution in [-0.4, -0.2) is 9.13 Å². The van der Waals surface area contributed by atoms with Gasteiger partial charge in [-0.1, -0.05) is 110 Å². The normalized spacial score (nSPS) is 16.1. The molecule has 2 nitrogen and oxygen atoms in total. The maximum absolute atomic E-state index is 2.51. The summed E-state index contributed by atoms with van der Waals surface area (Å²) in [6.07, 6.45) is 13.1. The molecule has 5 aromatic carbocycles. The molecule has 9 rings (SSSR count). The quantitative estimate of drug-likeness (QED) is 0.200. The van der Waals surface area contributed by atoms with E-state index in [1.165, 1.54) is 98.6 Å². The Bertz CT molecular complexity index is 2130. The fraction of sp³-hybridized carbons (Fsp3) is 0.190. The lowest BCUT2D eigenvalue weighted by Crippen LogP contribution is -2.30. The van der Waals surface area contributed by atoms with Gasteiger partial charge < -0.3 is 9.13 Å². The molecule has 0 aliphatic heterocycles. The summed E-state index contributed by atoms with van der Waals surface area (Å²) < 4.78 is 4.93. The van der Waals surface area contributed by atoms with Crippen molar-refractivity contribution in [3.63, 3.8) is 0 Å². The Hall–Kier alpha value is -4.82. The van der Waals surface area contributed by atoms with Crippen molar-refractivity contribution < 1.29 is 0 Å². The van der Waals surface area contributed by atoms with Gasteiger partial charge in [0.2, 0.25) is 0 Å². The number of hydrogen-bond acceptors (Lipinski definition) is 0. The summed E-state index contributed by atoms with van der Waals surface area (Å²) in [6, 6.07) is 45.6. The molecule has 2 heterocycles. The van der Waals surface area contributed by atoms with Gasteiger partial charge in [0.1, 0.15) is 0 Å². The first-order valence-corrected chi connectivity index (χ1v) is 16.3. The number of allylic oxidation sites excluding steroid dienone is 1. The van der Waals surface area contributed by atoms with E-state index < -0.39 is 0 Å². The van der Waals surface area contributed by atoms with E-state index in [4.69, 9.17) is 0 Å². The smallest absolute Gasteiger partial charge is 0.0541 e. The molecule has 2 aliphatic rings. The second kappa shape index (κ2) is 10.1. The molecule has 0 N–H and O–H groups in total. The number of fused-ring (bicyclic) bond motifs is 6. The molecule has 214 valence electrons. The standard InChI is InChI=1S/C42H36N2/c1-10-28-42(29-11-1,30-20-24-32(25-21-30)43-38-16-6-2-12-34(38)35-13-3-7-17-39(35)43)31-22-26-33(27-23-31)44-40-18-8-4-14-36(40)37-15-5-9-19-41(37)44/h2-8,12-18,20-27H,1,9-11,19,28-29H2. The number of para-hydroxylation sites is 3. The van der Waals surface area contributed by atoms with Gasteiger partial charge >= 0.3 is 0 Å². The van der Waals surface area contributed by atoms with Crippen LogP contribution in [0.5, 0.6) is 0 Å². The second-order valence-electron chi connectivity index (χ2n) is 12.8. The summed E-state index contributed by atoms with van der Waals surface area (Å²) in [5.74, 6) is 0. The minimum atomic E-state index is 0.0526. The molecule has 1 saturated carbocycles. The molecule has 2 aliphatic carbocycles. The highest BCUT2D eigenvalue weighted by Crippen LogP contribution is 2.46. The molecule has 0 amide bonds. The van der Waals surface area contributed by atoms with Crippen LogP contribution in [0.25, 0.3) is 50.2 Å². The van der Waals surface area contributed by atoms with Crippen molar-refractivity contribution in [2.24, 2.45) is 0 Å². The number of benzene rings is 5. The van der Waals surface area contributed by atoms with E-state index >= 15 is 0 Å². The largest absolute Gasteiger partial charge is 0.313 e. The Morgan fingerprint density at radius 2 is 0.977 bits per heavy atom. The van der Waals surface area contributed by atoms with E-state index in [2.05, 4.69) is 143 Å². The first-order valence-electron chi connectivity index (χ1n) is 16.3. The molecule has 0 radical (unpaired) electrons. The topological polar surface area (TPSA) is 9.86 Å². The summed E-state index contributed by atoms with van der Waals surface area (Å²) in [6.45, 7) is 0. The third kappa shape index (κ3) is 3.80. The fourth-order valence-corrected chi connectivity index (χ4v) is 8.43. The summed E-state index contributed by atoms with van der Waals surface area (Å²) in [5, 5.41) is 3.97. The van der Waals surface area contributed by atoms with Gasteiger partial charge in [0.25, 0.3) is 0 Å². The first kappa shape index (κ1) is 25.7. The Balaban J connectivity index is 1.13. The van der Waals surface area contributed by atoms with Gasteiger partial charge in [0.15, 0.2) is 0 Å². The highest BCUT2D eigenvalue weighted by molar-refractivity contribution is 6.09. The predicted octanol–water partition coefficient (Wildman–Crippen LogP) is 10.9. The van der Waals surface area contributed by atoms with Crippen molar-refractivity contribution in [3.05, 3.63) is 150 Å². The maximum atomic E-state index is 2.51. The molecule has 7 aromatic rings. The van der Waals surface area contributed by atoms with Crippen molar-refractivity contribution in [2.45, 2.75) is 50.4 Å². The Kier molecular flexibility index (Phi) is 5.91. The van der Waals surface area contributed by atoms with E-state index in [1.807, 2.05) is 0 Å². The molecule has 2 heteroatoms. The third-order valence-electron chi connectivity index (χ3n) is 10.5. The molecule has 44 heavy (non-hydrogen) atoms. The monoisotopic (exact) mass is 568 g/mol. The van der Waals surface area contributed by atoms with Gasteiger partial charge in [-0.05, 0) is 79.3 Å². The van der Waals surface area contributed by atoms with Crippen molar-refractivity contribution in [1.29, 1.82) is 0 Å². The minimum absolute atomic E-state index is 0.0526. The van der Waals surface area contributed by atoms with Crippen molar-refractivity contribution >= 4 is 38.8 Å². The fourth-order valence-electron chi connectivity index (χ4n) is 8.43. The van der Waals surface area contributed by atoms with Crippen LogP contribution in [0.2, 0.25) is 0 Å². The van der Waals surface area contributed by atoms with Crippen molar-refractivity contribution in [3.8, 4) is 11.4 Å². The molecular formula is C42H36N2. The number of hydrogen-bond donors (Lipinski definition) is 0. The van der Waals surface area contributed by atoms with Crippen LogP contribution in [0.15, 0.2) is 127 Å². The first-order chi connectivity index (χ1) is 21.8. The number of aromatic nitrogens is 2. The Morgan fingerprint density at radius 3 is 1.57 bits per heavy atom. The number of nitrogens with zero attached hydrogens (tertiary/aromatic N) is 2. The van der Waals surface area contributed by atoms with Gasteiger partial charge in [0.05, 0.1) is 16.6 Å². The van der Waals surface area contributed by atoms with Crippen LogP contribution in [0.3, 0.4) is 0 Å². The zero-order chi connectivity index (χ0) is 29.1. The summed E-state index contributed by atoms with van der Waals surface area (Å²) >= 11 is 0. The molecule has 0 unspecified atom stereocenters. The van der Waals surface area contributed by atoms with E-state index in [0.717, 1.165) is 12.8 Å². The van der Waals surface area contributed by atoms with Crippen LogP contribution >= 0.6 is 0 Å². The van der Waals surface area contributed by atoms with Crippen LogP contribution in [0.1, 0.15) is 60.9 Å². The average molecular weight is 569 g/mol. The lowest BCUT2D eigenvalue weighted by molar-refractivity contribution is 0.346. The maximum Gasteiger partial charge on any atom is 0.0541 e. The molecule has 1 fully saturated rings. The SMILES string of the molecule is C1=Cc2c(n(-c3ccc(C4(c5ccc(-n6c7ccccc7c7ccccc76)cc5)CCCCC4)cc3)c3ccccc23)CC1. The van der Waals surface area contributed by atoms with E-state index in [0.29, 0.717) is 0 Å². The zero-order valence-corrected chi connectivity index (χ0v) is 25.0. The average Bonchev–Trinajstić information content (AvgIpc) is 3.62. The van der Waals surface area contributed by atoms with Gasteiger partial charge in [-0.25, -0.2) is 0 Å². The highest BCUT2D eigenvalue weighted by atomic mass is 15.0. The van der Waals surface area contributed by atoms with Crippen molar-refractivity contribution in [1.82, 2.24) is 9.13 Å².